The Kier molecular flexibility index (Phi) is 3.87. The summed E-state index contributed by atoms with van der Waals surface area (Å²) in [5.74, 6) is 1.04. The standard InChI is InChI=1S/C18H23FN2O/c19-18-9-16(8-14-10-20-11-17(14)18)22-12-13-4-6-21(7-5-13)15-2-1-3-15/h8-9,11,13,15H,1-7,10,12H2. The summed E-state index contributed by atoms with van der Waals surface area (Å²) in [5.41, 5.74) is 1.57. The van der Waals surface area contributed by atoms with Crippen molar-refractivity contribution in [2.75, 3.05) is 19.7 Å². The lowest BCUT2D eigenvalue weighted by atomic mass is 9.88. The Balaban J connectivity index is 1.29. The number of hydrogen-bond acceptors (Lipinski definition) is 3. The summed E-state index contributed by atoms with van der Waals surface area (Å²) in [5, 5.41) is 0. The van der Waals surface area contributed by atoms with Crippen LogP contribution in [0, 0.1) is 11.7 Å². The Bertz CT molecular complexity index is 575. The molecule has 3 aliphatic rings. The van der Waals surface area contributed by atoms with Gasteiger partial charge in [0.2, 0.25) is 0 Å². The molecule has 0 spiro atoms. The maximum Gasteiger partial charge on any atom is 0.135 e. The van der Waals surface area contributed by atoms with Crippen molar-refractivity contribution >= 4 is 6.21 Å². The highest BCUT2D eigenvalue weighted by atomic mass is 19.1. The fourth-order valence-corrected chi connectivity index (χ4v) is 3.69. The first-order valence-electron chi connectivity index (χ1n) is 8.49. The van der Waals surface area contributed by atoms with Crippen LogP contribution in [0.1, 0.15) is 43.2 Å². The Morgan fingerprint density at radius 1 is 1.18 bits per heavy atom. The number of rotatable bonds is 4. The molecule has 1 aromatic rings. The van der Waals surface area contributed by atoms with Gasteiger partial charge in [-0.25, -0.2) is 4.39 Å². The SMILES string of the molecule is Fc1cc(OCC2CCN(C3CCC3)CC2)cc2c1C=NC2. The van der Waals surface area contributed by atoms with E-state index in [1.165, 1.54) is 51.3 Å². The minimum absolute atomic E-state index is 0.214. The number of likely N-dealkylation sites (tertiary alicyclic amines) is 1. The third-order valence-electron chi connectivity index (χ3n) is 5.40. The van der Waals surface area contributed by atoms with Gasteiger partial charge in [0.25, 0.3) is 0 Å². The zero-order valence-electron chi connectivity index (χ0n) is 12.9. The maximum atomic E-state index is 13.9. The van der Waals surface area contributed by atoms with Crippen LogP contribution in [0.4, 0.5) is 4.39 Å². The van der Waals surface area contributed by atoms with Crippen LogP contribution in [-0.4, -0.2) is 36.9 Å². The van der Waals surface area contributed by atoms with E-state index in [0.717, 1.165) is 11.6 Å². The molecular formula is C18H23FN2O. The molecule has 1 aliphatic carbocycles. The topological polar surface area (TPSA) is 24.8 Å². The third kappa shape index (κ3) is 2.76. The van der Waals surface area contributed by atoms with E-state index in [2.05, 4.69) is 9.89 Å². The zero-order chi connectivity index (χ0) is 14.9. The van der Waals surface area contributed by atoms with Crippen LogP contribution in [0.5, 0.6) is 5.75 Å². The fourth-order valence-electron chi connectivity index (χ4n) is 3.69. The van der Waals surface area contributed by atoms with Gasteiger partial charge in [0, 0.05) is 23.9 Å². The summed E-state index contributed by atoms with van der Waals surface area (Å²) >= 11 is 0. The number of benzene rings is 1. The van der Waals surface area contributed by atoms with E-state index in [1.54, 1.807) is 6.21 Å². The van der Waals surface area contributed by atoms with Crippen molar-refractivity contribution in [3.63, 3.8) is 0 Å². The van der Waals surface area contributed by atoms with Crippen molar-refractivity contribution in [3.05, 3.63) is 29.1 Å². The van der Waals surface area contributed by atoms with Crippen molar-refractivity contribution in [1.29, 1.82) is 0 Å². The molecule has 0 bridgehead atoms. The molecule has 4 heteroatoms. The van der Waals surface area contributed by atoms with Crippen molar-refractivity contribution in [2.45, 2.75) is 44.7 Å². The molecule has 0 amide bonds. The molecule has 2 aliphatic heterocycles. The highest BCUT2D eigenvalue weighted by Gasteiger charge is 2.28. The van der Waals surface area contributed by atoms with Crippen LogP contribution in [-0.2, 0) is 6.54 Å². The summed E-state index contributed by atoms with van der Waals surface area (Å²) in [7, 11) is 0. The molecule has 0 unspecified atom stereocenters. The summed E-state index contributed by atoms with van der Waals surface area (Å²) in [6.45, 7) is 3.68. The molecule has 118 valence electrons. The van der Waals surface area contributed by atoms with Crippen LogP contribution >= 0.6 is 0 Å². The third-order valence-corrected chi connectivity index (χ3v) is 5.40. The van der Waals surface area contributed by atoms with Crippen LogP contribution in [0.2, 0.25) is 0 Å². The molecule has 1 saturated carbocycles. The molecule has 22 heavy (non-hydrogen) atoms. The van der Waals surface area contributed by atoms with Gasteiger partial charge in [-0.15, -0.1) is 0 Å². The molecule has 0 atom stereocenters. The molecular weight excluding hydrogens is 279 g/mol. The van der Waals surface area contributed by atoms with E-state index in [-0.39, 0.29) is 5.82 Å². The van der Waals surface area contributed by atoms with Gasteiger partial charge < -0.3 is 9.64 Å². The number of halogens is 1. The zero-order valence-corrected chi connectivity index (χ0v) is 12.9. The molecule has 1 aromatic carbocycles. The summed E-state index contributed by atoms with van der Waals surface area (Å²) in [4.78, 5) is 6.76. The van der Waals surface area contributed by atoms with Crippen molar-refractivity contribution in [3.8, 4) is 5.75 Å². The lowest BCUT2D eigenvalue weighted by Crippen LogP contribution is -2.45. The van der Waals surface area contributed by atoms with E-state index in [4.69, 9.17) is 4.74 Å². The highest BCUT2D eigenvalue weighted by molar-refractivity contribution is 5.85. The second-order valence-corrected chi connectivity index (χ2v) is 6.82. The van der Waals surface area contributed by atoms with Gasteiger partial charge in [-0.2, -0.15) is 0 Å². The summed E-state index contributed by atoms with van der Waals surface area (Å²) in [6.07, 6.45) is 8.20. The second kappa shape index (κ2) is 5.99. The number of piperidine rings is 1. The Labute approximate surface area is 131 Å². The second-order valence-electron chi connectivity index (χ2n) is 6.82. The van der Waals surface area contributed by atoms with Gasteiger partial charge in [-0.3, -0.25) is 4.99 Å². The molecule has 4 rings (SSSR count). The normalized spacial score (nSPS) is 22.6. The minimum Gasteiger partial charge on any atom is -0.493 e. The fraction of sp³-hybridized carbons (Fsp3) is 0.611. The first-order valence-corrected chi connectivity index (χ1v) is 8.49. The largest absolute Gasteiger partial charge is 0.493 e. The van der Waals surface area contributed by atoms with Gasteiger partial charge in [0.05, 0.1) is 13.2 Å². The molecule has 0 N–H and O–H groups in total. The first kappa shape index (κ1) is 14.2. The van der Waals surface area contributed by atoms with Gasteiger partial charge >= 0.3 is 0 Å². The number of ether oxygens (including phenoxy) is 1. The number of aliphatic imine (C=N–C) groups is 1. The average Bonchev–Trinajstić information content (AvgIpc) is 2.94. The number of fused-ring (bicyclic) bond motifs is 1. The van der Waals surface area contributed by atoms with E-state index in [9.17, 15) is 4.39 Å². The predicted octanol–water partition coefficient (Wildman–Crippen LogP) is 3.40. The Hall–Kier alpha value is -1.42. The summed E-state index contributed by atoms with van der Waals surface area (Å²) < 4.78 is 19.8. The van der Waals surface area contributed by atoms with Crippen molar-refractivity contribution in [1.82, 2.24) is 4.90 Å². The van der Waals surface area contributed by atoms with Gasteiger partial charge in [0.15, 0.2) is 0 Å². The quantitative estimate of drug-likeness (QED) is 0.851. The average molecular weight is 302 g/mol. The van der Waals surface area contributed by atoms with Crippen molar-refractivity contribution in [2.24, 2.45) is 10.9 Å². The lowest BCUT2D eigenvalue weighted by molar-refractivity contribution is 0.0707. The van der Waals surface area contributed by atoms with Crippen LogP contribution in [0.15, 0.2) is 17.1 Å². The maximum absolute atomic E-state index is 13.9. The minimum atomic E-state index is -0.214. The van der Waals surface area contributed by atoms with Gasteiger partial charge in [-0.1, -0.05) is 6.42 Å². The number of nitrogens with zero attached hydrogens (tertiary/aromatic N) is 2. The van der Waals surface area contributed by atoms with E-state index in [0.29, 0.717) is 30.4 Å². The van der Waals surface area contributed by atoms with Gasteiger partial charge in [0.1, 0.15) is 11.6 Å². The van der Waals surface area contributed by atoms with E-state index in [1.807, 2.05) is 6.07 Å². The van der Waals surface area contributed by atoms with E-state index < -0.39 is 0 Å². The molecule has 2 fully saturated rings. The van der Waals surface area contributed by atoms with Crippen LogP contribution in [0.3, 0.4) is 0 Å². The van der Waals surface area contributed by atoms with Crippen molar-refractivity contribution < 1.29 is 9.13 Å². The molecule has 1 saturated heterocycles. The Morgan fingerprint density at radius 2 is 2.00 bits per heavy atom. The monoisotopic (exact) mass is 302 g/mol. The van der Waals surface area contributed by atoms with Crippen LogP contribution in [0.25, 0.3) is 0 Å². The number of hydrogen-bond donors (Lipinski definition) is 0. The summed E-state index contributed by atoms with van der Waals surface area (Å²) in [6, 6.07) is 4.29. The predicted molar refractivity (Wildman–Crippen MR) is 85.1 cm³/mol. The first-order chi connectivity index (χ1) is 10.8. The Morgan fingerprint density at radius 3 is 2.73 bits per heavy atom. The molecule has 0 radical (unpaired) electrons. The lowest BCUT2D eigenvalue weighted by Gasteiger charge is -2.41. The molecule has 0 aromatic heterocycles. The highest BCUT2D eigenvalue weighted by Crippen LogP contribution is 2.30. The van der Waals surface area contributed by atoms with Gasteiger partial charge in [-0.05, 0) is 56.3 Å². The van der Waals surface area contributed by atoms with Crippen LogP contribution < -0.4 is 4.74 Å². The molecule has 2 heterocycles. The smallest absolute Gasteiger partial charge is 0.135 e. The molecule has 3 nitrogen and oxygen atoms in total. The van der Waals surface area contributed by atoms with E-state index >= 15 is 0 Å².